The van der Waals surface area contributed by atoms with Crippen LogP contribution in [0.1, 0.15) is 16.8 Å². The molecular weight excluding hydrogens is 423 g/mol. The van der Waals surface area contributed by atoms with Crippen LogP contribution in [0, 0.1) is 10.1 Å². The van der Waals surface area contributed by atoms with Gasteiger partial charge in [0.2, 0.25) is 0 Å². The predicted molar refractivity (Wildman–Crippen MR) is 126 cm³/mol. The quantitative estimate of drug-likeness (QED) is 0.183. The highest BCUT2D eigenvalue weighted by atomic mass is 31.2. The number of nitrogens with zero attached hydrogens (tertiary/aromatic N) is 1. The monoisotopic (exact) mass is 442 g/mol. The summed E-state index contributed by atoms with van der Waals surface area (Å²) in [5, 5.41) is 11.8. The number of hydrogen-bond acceptors (Lipinski definition) is 5. The number of hydrogen-bond donors (Lipinski definition) is 1. The van der Waals surface area contributed by atoms with Gasteiger partial charge in [-0.15, -0.1) is 0 Å². The third kappa shape index (κ3) is 3.26. The molecule has 1 aliphatic heterocycles. The molecule has 4 aromatic carbocycles. The predicted octanol–water partition coefficient (Wildman–Crippen LogP) is 5.93. The van der Waals surface area contributed by atoms with Crippen LogP contribution < -0.4 is 15.6 Å². The number of benzene rings is 4. The zero-order valence-electron chi connectivity index (χ0n) is 16.9. The Hall–Kier alpha value is -3.89. The second-order valence-electron chi connectivity index (χ2n) is 7.62. The summed E-state index contributed by atoms with van der Waals surface area (Å²) >= 11 is 0. The minimum atomic E-state index is -3.55. The van der Waals surface area contributed by atoms with Crippen LogP contribution in [0.4, 0.5) is 11.4 Å². The molecule has 0 fully saturated rings. The molecule has 32 heavy (non-hydrogen) atoms. The number of nitrogen functional groups attached to an aromatic ring is 1. The van der Waals surface area contributed by atoms with Crippen molar-refractivity contribution in [2.45, 2.75) is 5.66 Å². The summed E-state index contributed by atoms with van der Waals surface area (Å²) in [6.45, 7) is 0. The second kappa shape index (κ2) is 7.66. The van der Waals surface area contributed by atoms with Crippen molar-refractivity contribution < 1.29 is 14.0 Å². The number of nitrogens with two attached hydrogens (primary N) is 1. The summed E-state index contributed by atoms with van der Waals surface area (Å²) < 4.78 is 21.2. The molecule has 7 heteroatoms. The fourth-order valence-corrected chi connectivity index (χ4v) is 7.06. The summed E-state index contributed by atoms with van der Waals surface area (Å²) in [5.41, 5.74) is 8.95. The Kier molecular flexibility index (Phi) is 4.80. The Balaban J connectivity index is 1.75. The topological polar surface area (TPSA) is 95.5 Å². The number of nitro benzene ring substituents is 1. The van der Waals surface area contributed by atoms with Gasteiger partial charge >= 0.3 is 0 Å². The fraction of sp³-hybridized carbons (Fsp3) is 0.0400. The lowest BCUT2D eigenvalue weighted by Gasteiger charge is -2.34. The van der Waals surface area contributed by atoms with Crippen molar-refractivity contribution in [3.05, 3.63) is 118 Å². The molecule has 0 bridgehead atoms. The van der Waals surface area contributed by atoms with Crippen LogP contribution >= 0.6 is 7.37 Å². The van der Waals surface area contributed by atoms with Crippen molar-refractivity contribution in [2.24, 2.45) is 0 Å². The van der Waals surface area contributed by atoms with Gasteiger partial charge in [0, 0.05) is 23.4 Å². The molecule has 0 amide bonds. The Morgan fingerprint density at radius 2 is 1.34 bits per heavy atom. The Bertz CT molecular complexity index is 1370. The van der Waals surface area contributed by atoms with Gasteiger partial charge in [0.25, 0.3) is 13.1 Å². The molecule has 158 valence electrons. The van der Waals surface area contributed by atoms with Gasteiger partial charge in [0.05, 0.1) is 10.2 Å². The van der Waals surface area contributed by atoms with Crippen molar-refractivity contribution in [2.75, 3.05) is 5.73 Å². The van der Waals surface area contributed by atoms with E-state index in [1.54, 1.807) is 24.3 Å². The number of rotatable bonds is 4. The molecule has 2 unspecified atom stereocenters. The third-order valence-electron chi connectivity index (χ3n) is 5.66. The first-order valence-corrected chi connectivity index (χ1v) is 11.7. The molecule has 1 aliphatic rings. The number of non-ortho nitro benzene ring substituents is 1. The highest BCUT2D eigenvalue weighted by molar-refractivity contribution is 7.68. The lowest BCUT2D eigenvalue weighted by atomic mass is 10.0. The molecular formula is C25H19N2O4P. The van der Waals surface area contributed by atoms with Crippen molar-refractivity contribution in [1.29, 1.82) is 0 Å². The van der Waals surface area contributed by atoms with E-state index in [0.29, 0.717) is 22.3 Å². The SMILES string of the molecule is Nc1ccc(C(c2ccc([N+](=O)[O-])cc2)P2(=O)Oc3ccccc3-c3ccccc32)cc1. The van der Waals surface area contributed by atoms with Gasteiger partial charge in [-0.3, -0.25) is 14.7 Å². The van der Waals surface area contributed by atoms with E-state index in [4.69, 9.17) is 10.3 Å². The minimum absolute atomic E-state index is 0.0293. The number of fused-ring (bicyclic) bond motifs is 3. The van der Waals surface area contributed by atoms with Crippen molar-refractivity contribution in [3.63, 3.8) is 0 Å². The summed E-state index contributed by atoms with van der Waals surface area (Å²) in [4.78, 5) is 10.7. The van der Waals surface area contributed by atoms with Crippen LogP contribution in [0.5, 0.6) is 5.75 Å². The Morgan fingerprint density at radius 3 is 2.00 bits per heavy atom. The van der Waals surface area contributed by atoms with Gasteiger partial charge in [0.15, 0.2) is 0 Å². The van der Waals surface area contributed by atoms with E-state index in [2.05, 4.69) is 0 Å². The number of anilines is 1. The van der Waals surface area contributed by atoms with Crippen LogP contribution in [0.15, 0.2) is 97.1 Å². The smallest absolute Gasteiger partial charge is 0.289 e. The molecule has 0 saturated carbocycles. The van der Waals surface area contributed by atoms with Crippen LogP contribution in [-0.4, -0.2) is 4.92 Å². The molecule has 6 nitrogen and oxygen atoms in total. The number of nitro groups is 1. The Labute approximate surface area is 184 Å². The van der Waals surface area contributed by atoms with E-state index < -0.39 is 18.0 Å². The second-order valence-corrected chi connectivity index (χ2v) is 9.99. The molecule has 4 aromatic rings. The first-order valence-electron chi connectivity index (χ1n) is 10.1. The molecule has 5 rings (SSSR count). The standard InChI is InChI=1S/C25H19N2O4P/c26-19-13-9-17(10-14-19)25(18-11-15-20(16-12-18)27(28)29)32(30)24-8-4-2-6-22(24)21-5-1-3-7-23(21)31-32/h1-16,25H,26H2. The fourth-order valence-electron chi connectivity index (χ4n) is 4.17. The molecule has 0 aliphatic carbocycles. The molecule has 2 N–H and O–H groups in total. The third-order valence-corrected chi connectivity index (χ3v) is 8.47. The van der Waals surface area contributed by atoms with E-state index in [1.807, 2.05) is 60.7 Å². The zero-order valence-corrected chi connectivity index (χ0v) is 17.8. The highest BCUT2D eigenvalue weighted by Crippen LogP contribution is 2.65. The maximum absolute atomic E-state index is 14.8. The molecule has 2 atom stereocenters. The normalized spacial score (nSPS) is 17.5. The molecule has 0 radical (unpaired) electrons. The minimum Gasteiger partial charge on any atom is -0.439 e. The lowest BCUT2D eigenvalue weighted by molar-refractivity contribution is -0.384. The van der Waals surface area contributed by atoms with Gasteiger partial charge in [-0.05, 0) is 41.0 Å². The van der Waals surface area contributed by atoms with Gasteiger partial charge in [-0.25, -0.2) is 0 Å². The molecule has 0 aromatic heterocycles. The van der Waals surface area contributed by atoms with Gasteiger partial charge < -0.3 is 10.3 Å². The van der Waals surface area contributed by atoms with Crippen molar-refractivity contribution in [3.8, 4) is 16.9 Å². The molecule has 1 heterocycles. The average molecular weight is 442 g/mol. The van der Waals surface area contributed by atoms with Gasteiger partial charge in [-0.1, -0.05) is 60.7 Å². The summed E-state index contributed by atoms with van der Waals surface area (Å²) in [7, 11) is -3.55. The van der Waals surface area contributed by atoms with E-state index >= 15 is 0 Å². The van der Waals surface area contributed by atoms with E-state index in [-0.39, 0.29) is 5.69 Å². The van der Waals surface area contributed by atoms with Gasteiger partial charge in [-0.2, -0.15) is 0 Å². The lowest BCUT2D eigenvalue weighted by Crippen LogP contribution is -2.22. The first kappa shape index (κ1) is 20.0. The maximum atomic E-state index is 14.8. The molecule has 0 saturated heterocycles. The summed E-state index contributed by atoms with van der Waals surface area (Å²) in [6, 6.07) is 28.4. The average Bonchev–Trinajstić information content (AvgIpc) is 2.81. The maximum Gasteiger partial charge on any atom is 0.289 e. The van der Waals surface area contributed by atoms with E-state index in [1.165, 1.54) is 12.1 Å². The zero-order chi connectivity index (χ0) is 22.3. The first-order chi connectivity index (χ1) is 15.5. The van der Waals surface area contributed by atoms with Crippen molar-refractivity contribution in [1.82, 2.24) is 0 Å². The van der Waals surface area contributed by atoms with E-state index in [0.717, 1.165) is 16.7 Å². The van der Waals surface area contributed by atoms with Crippen LogP contribution in [0.2, 0.25) is 0 Å². The largest absolute Gasteiger partial charge is 0.439 e. The Morgan fingerprint density at radius 1 is 0.781 bits per heavy atom. The van der Waals surface area contributed by atoms with Crippen molar-refractivity contribution >= 4 is 24.0 Å². The number of para-hydroxylation sites is 1. The molecule has 0 spiro atoms. The van der Waals surface area contributed by atoms with E-state index in [9.17, 15) is 14.7 Å². The van der Waals surface area contributed by atoms with Crippen LogP contribution in [0.3, 0.4) is 0 Å². The van der Waals surface area contributed by atoms with Crippen LogP contribution in [0.25, 0.3) is 11.1 Å². The highest BCUT2D eigenvalue weighted by Gasteiger charge is 2.44. The van der Waals surface area contributed by atoms with Crippen LogP contribution in [-0.2, 0) is 4.57 Å². The summed E-state index contributed by atoms with van der Waals surface area (Å²) in [5.74, 6) is 0.553. The summed E-state index contributed by atoms with van der Waals surface area (Å²) in [6.07, 6.45) is 0. The van der Waals surface area contributed by atoms with Gasteiger partial charge in [0.1, 0.15) is 11.4 Å².